The van der Waals surface area contributed by atoms with Gasteiger partial charge in [-0.1, -0.05) is 48.5 Å². The third kappa shape index (κ3) is 4.44. The zero-order valence-corrected chi connectivity index (χ0v) is 17.9. The number of hydrogen-bond acceptors (Lipinski definition) is 5. The molecule has 0 aliphatic carbocycles. The highest BCUT2D eigenvalue weighted by atomic mass is 32.2. The van der Waals surface area contributed by atoms with Gasteiger partial charge in [0.2, 0.25) is 14.9 Å². The number of aromatic nitrogens is 2. The first kappa shape index (κ1) is 20.6. The first-order valence-electron chi connectivity index (χ1n) is 9.57. The maximum absolute atomic E-state index is 12.8. The van der Waals surface area contributed by atoms with Crippen LogP contribution in [0.1, 0.15) is 16.1 Å². The highest BCUT2D eigenvalue weighted by Gasteiger charge is 2.22. The normalized spacial score (nSPS) is 11.4. The summed E-state index contributed by atoms with van der Waals surface area (Å²) in [7, 11) is -1.88. The van der Waals surface area contributed by atoms with Crippen LogP contribution in [0.15, 0.2) is 88.5 Å². The van der Waals surface area contributed by atoms with Crippen LogP contribution in [0.4, 0.5) is 0 Å². The number of carbonyl (C=O) groups is 1. The average molecular weight is 436 g/mol. The summed E-state index contributed by atoms with van der Waals surface area (Å²) in [5.74, 6) is -0.444. The van der Waals surface area contributed by atoms with Gasteiger partial charge in [0.25, 0.3) is 5.91 Å². The van der Waals surface area contributed by atoms with Gasteiger partial charge < -0.3 is 9.32 Å². The minimum absolute atomic E-state index is 0.0281. The maximum atomic E-state index is 12.8. The minimum atomic E-state index is -3.52. The molecule has 0 aliphatic heterocycles. The molecule has 4 aromatic rings. The summed E-state index contributed by atoms with van der Waals surface area (Å²) < 4.78 is 30.3. The lowest BCUT2D eigenvalue weighted by Gasteiger charge is -2.15. The molecule has 0 radical (unpaired) electrons. The molecule has 0 saturated carbocycles. The molecule has 0 N–H and O–H groups in total. The second kappa shape index (κ2) is 8.23. The Balaban J connectivity index is 1.66. The number of para-hydroxylation sites is 1. The van der Waals surface area contributed by atoms with Gasteiger partial charge in [0.15, 0.2) is 5.76 Å². The summed E-state index contributed by atoms with van der Waals surface area (Å²) in [5, 5.41) is 4.52. The lowest BCUT2D eigenvalue weighted by atomic mass is 10.1. The second-order valence-electron chi connectivity index (χ2n) is 7.20. The average Bonchev–Trinajstić information content (AvgIpc) is 3.42. The molecule has 8 heteroatoms. The van der Waals surface area contributed by atoms with Crippen LogP contribution >= 0.6 is 0 Å². The number of hydrogen-bond donors (Lipinski definition) is 0. The lowest BCUT2D eigenvalue weighted by Crippen LogP contribution is -2.25. The smallest absolute Gasteiger partial charge is 0.289 e. The molecular weight excluding hydrogens is 414 g/mol. The number of sulfone groups is 1. The van der Waals surface area contributed by atoms with Gasteiger partial charge in [-0.15, -0.1) is 0 Å². The number of furan rings is 1. The molecule has 2 aromatic carbocycles. The first-order chi connectivity index (χ1) is 14.8. The van der Waals surface area contributed by atoms with Crippen LogP contribution in [-0.2, 0) is 16.4 Å². The number of amides is 1. The number of benzene rings is 2. The molecule has 31 heavy (non-hydrogen) atoms. The Morgan fingerprint density at radius 2 is 1.65 bits per heavy atom. The Morgan fingerprint density at radius 1 is 1.00 bits per heavy atom. The van der Waals surface area contributed by atoms with Crippen LogP contribution in [0.3, 0.4) is 0 Å². The predicted octanol–water partition coefficient (Wildman–Crippen LogP) is 3.81. The number of carbonyl (C=O) groups excluding carboxylic acids is 1. The summed E-state index contributed by atoms with van der Waals surface area (Å²) in [6, 6.07) is 22.1. The molecule has 7 nitrogen and oxygen atoms in total. The minimum Gasteiger partial charge on any atom is -0.440 e. The Kier molecular flexibility index (Phi) is 5.48. The largest absolute Gasteiger partial charge is 0.440 e. The maximum Gasteiger partial charge on any atom is 0.289 e. The van der Waals surface area contributed by atoms with Gasteiger partial charge in [-0.05, 0) is 24.3 Å². The Morgan fingerprint density at radius 3 is 2.26 bits per heavy atom. The fourth-order valence-electron chi connectivity index (χ4n) is 3.23. The molecule has 4 rings (SSSR count). The summed E-state index contributed by atoms with van der Waals surface area (Å²) >= 11 is 0. The molecule has 0 unspecified atom stereocenters. The van der Waals surface area contributed by atoms with Crippen LogP contribution in [0.5, 0.6) is 0 Å². The van der Waals surface area contributed by atoms with Crippen molar-refractivity contribution in [2.75, 3.05) is 13.3 Å². The molecule has 0 fully saturated rings. The monoisotopic (exact) mass is 435 g/mol. The van der Waals surface area contributed by atoms with Crippen molar-refractivity contribution >= 4 is 15.7 Å². The molecule has 158 valence electrons. The van der Waals surface area contributed by atoms with E-state index in [9.17, 15) is 13.2 Å². The fraction of sp³-hybridized carbons (Fsp3) is 0.130. The first-order valence-corrected chi connectivity index (χ1v) is 11.5. The molecule has 0 saturated heterocycles. The standard InChI is InChI=1S/C23H21N3O4S/c1-25(23(27)20-13-14-21(30-20)31(2,28)29)15-18-16-26(19-11-7-4-8-12-19)24-22(18)17-9-5-3-6-10-17/h3-14,16H,15H2,1-2H3. The van der Waals surface area contributed by atoms with E-state index in [0.717, 1.165) is 28.8 Å². The molecule has 1 amide bonds. The Hall–Kier alpha value is -3.65. The van der Waals surface area contributed by atoms with Gasteiger partial charge in [0, 0.05) is 37.2 Å². The van der Waals surface area contributed by atoms with Gasteiger partial charge in [-0.2, -0.15) is 5.10 Å². The zero-order chi connectivity index (χ0) is 22.0. The highest BCUT2D eigenvalue weighted by molar-refractivity contribution is 7.90. The van der Waals surface area contributed by atoms with Crippen molar-refractivity contribution in [2.24, 2.45) is 0 Å². The highest BCUT2D eigenvalue weighted by Crippen LogP contribution is 2.25. The molecule has 0 aliphatic rings. The summed E-state index contributed by atoms with van der Waals surface area (Å²) in [4.78, 5) is 14.3. The number of rotatable bonds is 6. The van der Waals surface area contributed by atoms with E-state index < -0.39 is 15.7 Å². The van der Waals surface area contributed by atoms with E-state index in [2.05, 4.69) is 0 Å². The predicted molar refractivity (Wildman–Crippen MR) is 117 cm³/mol. The van der Waals surface area contributed by atoms with Crippen molar-refractivity contribution in [3.05, 3.63) is 90.3 Å². The van der Waals surface area contributed by atoms with Gasteiger partial charge >= 0.3 is 0 Å². The third-order valence-electron chi connectivity index (χ3n) is 4.77. The van der Waals surface area contributed by atoms with Gasteiger partial charge in [-0.3, -0.25) is 4.79 Å². The Labute approximate surface area is 180 Å². The zero-order valence-electron chi connectivity index (χ0n) is 17.1. The van der Waals surface area contributed by atoms with Crippen molar-refractivity contribution in [3.8, 4) is 16.9 Å². The van der Waals surface area contributed by atoms with Crippen LogP contribution in [0.2, 0.25) is 0 Å². The summed E-state index contributed by atoms with van der Waals surface area (Å²) in [5.41, 5.74) is 3.45. The molecular formula is C23H21N3O4S. The van der Waals surface area contributed by atoms with Crippen LogP contribution in [-0.4, -0.2) is 42.3 Å². The van der Waals surface area contributed by atoms with E-state index >= 15 is 0 Å². The van der Waals surface area contributed by atoms with Crippen molar-refractivity contribution in [2.45, 2.75) is 11.6 Å². The topological polar surface area (TPSA) is 85.4 Å². The summed E-state index contributed by atoms with van der Waals surface area (Å²) in [6.07, 6.45) is 2.93. The van der Waals surface area contributed by atoms with Crippen molar-refractivity contribution in [1.29, 1.82) is 0 Å². The molecule has 0 spiro atoms. The van der Waals surface area contributed by atoms with Gasteiger partial charge in [0.05, 0.1) is 11.4 Å². The SMILES string of the molecule is CN(Cc1cn(-c2ccccc2)nc1-c1ccccc1)C(=O)c1ccc(S(C)(=O)=O)o1. The van der Waals surface area contributed by atoms with Crippen molar-refractivity contribution in [1.82, 2.24) is 14.7 Å². The van der Waals surface area contributed by atoms with Crippen LogP contribution in [0.25, 0.3) is 16.9 Å². The van der Waals surface area contributed by atoms with E-state index in [1.54, 1.807) is 11.7 Å². The van der Waals surface area contributed by atoms with Gasteiger partial charge in [0.1, 0.15) is 0 Å². The molecule has 2 heterocycles. The lowest BCUT2D eigenvalue weighted by molar-refractivity contribution is 0.0748. The molecule has 0 atom stereocenters. The van der Waals surface area contributed by atoms with E-state index in [0.29, 0.717) is 0 Å². The van der Waals surface area contributed by atoms with Crippen LogP contribution in [0, 0.1) is 0 Å². The number of nitrogens with zero attached hydrogens (tertiary/aromatic N) is 3. The summed E-state index contributed by atoms with van der Waals surface area (Å²) in [6.45, 7) is 0.269. The molecule has 2 aromatic heterocycles. The van der Waals surface area contributed by atoms with Crippen molar-refractivity contribution in [3.63, 3.8) is 0 Å². The van der Waals surface area contributed by atoms with E-state index in [-0.39, 0.29) is 17.4 Å². The van der Waals surface area contributed by atoms with Crippen LogP contribution < -0.4 is 0 Å². The fourth-order valence-corrected chi connectivity index (χ4v) is 3.78. The Bertz CT molecular complexity index is 1310. The third-order valence-corrected chi connectivity index (χ3v) is 5.72. The van der Waals surface area contributed by atoms with Gasteiger partial charge in [-0.25, -0.2) is 13.1 Å². The second-order valence-corrected chi connectivity index (χ2v) is 9.15. The van der Waals surface area contributed by atoms with Crippen molar-refractivity contribution < 1.29 is 17.6 Å². The van der Waals surface area contributed by atoms with E-state index in [1.807, 2.05) is 66.9 Å². The van der Waals surface area contributed by atoms with E-state index in [1.165, 1.54) is 17.0 Å². The van der Waals surface area contributed by atoms with E-state index in [4.69, 9.17) is 9.52 Å². The quantitative estimate of drug-likeness (QED) is 0.460. The molecule has 0 bridgehead atoms.